The Kier molecular flexibility index (Phi) is 4.13. The summed E-state index contributed by atoms with van der Waals surface area (Å²) in [6.07, 6.45) is 6.56. The predicted octanol–water partition coefficient (Wildman–Crippen LogP) is 1.96. The first kappa shape index (κ1) is 12.5. The van der Waals surface area contributed by atoms with Crippen molar-refractivity contribution >= 4 is 0 Å². The molecule has 1 unspecified atom stereocenters. The minimum Gasteiger partial charge on any atom is -0.311 e. The number of hydrogen-bond acceptors (Lipinski definition) is 3. The van der Waals surface area contributed by atoms with Gasteiger partial charge in [-0.2, -0.15) is 0 Å². The topological polar surface area (TPSA) is 28.2 Å². The maximum atomic E-state index is 4.17. The summed E-state index contributed by atoms with van der Waals surface area (Å²) in [6, 6.07) is 3.52. The molecule has 2 rings (SSSR count). The van der Waals surface area contributed by atoms with E-state index in [9.17, 15) is 0 Å². The molecule has 17 heavy (non-hydrogen) atoms. The van der Waals surface area contributed by atoms with E-state index >= 15 is 0 Å². The van der Waals surface area contributed by atoms with Crippen LogP contribution in [-0.4, -0.2) is 35.6 Å². The second kappa shape index (κ2) is 5.61. The van der Waals surface area contributed by atoms with Crippen LogP contribution in [0.1, 0.15) is 30.9 Å². The molecule has 0 amide bonds. The van der Waals surface area contributed by atoms with E-state index in [1.807, 2.05) is 12.4 Å². The minimum absolute atomic E-state index is 0.611. The normalized spacial score (nSPS) is 17.4. The van der Waals surface area contributed by atoms with Crippen molar-refractivity contribution in [3.63, 3.8) is 0 Å². The molecule has 1 aliphatic carbocycles. The molecule has 0 radical (unpaired) electrons. The fourth-order valence-electron chi connectivity index (χ4n) is 2.08. The standard InChI is InChI=1S/C14H23N3/c1-11-6-7-15-9-13(11)10-16-8-12(2)17(3)14-4-5-14/h6-7,9,12,14,16H,4-5,8,10H2,1-3H3. The zero-order valence-corrected chi connectivity index (χ0v) is 11.1. The van der Waals surface area contributed by atoms with Crippen LogP contribution in [-0.2, 0) is 6.54 Å². The van der Waals surface area contributed by atoms with Gasteiger partial charge in [-0.3, -0.25) is 9.88 Å². The Morgan fingerprint density at radius 1 is 1.53 bits per heavy atom. The van der Waals surface area contributed by atoms with Crippen LogP contribution in [0.3, 0.4) is 0 Å². The third-order valence-electron chi connectivity index (χ3n) is 3.72. The maximum Gasteiger partial charge on any atom is 0.0315 e. The summed E-state index contributed by atoms with van der Waals surface area (Å²) in [5.41, 5.74) is 2.62. The third-order valence-corrected chi connectivity index (χ3v) is 3.72. The summed E-state index contributed by atoms with van der Waals surface area (Å²) in [6.45, 7) is 6.39. The summed E-state index contributed by atoms with van der Waals surface area (Å²) in [7, 11) is 2.24. The predicted molar refractivity (Wildman–Crippen MR) is 70.9 cm³/mol. The molecule has 0 aliphatic heterocycles. The average molecular weight is 233 g/mol. The van der Waals surface area contributed by atoms with E-state index in [1.54, 1.807) is 0 Å². The van der Waals surface area contributed by atoms with Crippen molar-refractivity contribution in [1.82, 2.24) is 15.2 Å². The Labute approximate surface area is 104 Å². The van der Waals surface area contributed by atoms with Gasteiger partial charge in [-0.25, -0.2) is 0 Å². The zero-order valence-electron chi connectivity index (χ0n) is 11.1. The maximum absolute atomic E-state index is 4.17. The fraction of sp³-hybridized carbons (Fsp3) is 0.643. The molecule has 1 saturated carbocycles. The molecule has 1 N–H and O–H groups in total. The number of nitrogens with one attached hydrogen (secondary N) is 1. The summed E-state index contributed by atoms with van der Waals surface area (Å²) in [4.78, 5) is 6.66. The van der Waals surface area contributed by atoms with Crippen LogP contribution in [0.25, 0.3) is 0 Å². The van der Waals surface area contributed by atoms with E-state index in [1.165, 1.54) is 24.0 Å². The molecule has 3 nitrogen and oxygen atoms in total. The zero-order chi connectivity index (χ0) is 12.3. The molecule has 1 aliphatic rings. The van der Waals surface area contributed by atoms with Crippen molar-refractivity contribution in [1.29, 1.82) is 0 Å². The number of nitrogens with zero attached hydrogens (tertiary/aromatic N) is 2. The molecular formula is C14H23N3. The van der Waals surface area contributed by atoms with Gasteiger partial charge in [0, 0.05) is 37.6 Å². The number of aromatic nitrogens is 1. The molecule has 1 aromatic heterocycles. The lowest BCUT2D eigenvalue weighted by molar-refractivity contribution is 0.241. The first-order chi connectivity index (χ1) is 8.18. The Morgan fingerprint density at radius 2 is 2.29 bits per heavy atom. The van der Waals surface area contributed by atoms with Crippen molar-refractivity contribution in [3.8, 4) is 0 Å². The van der Waals surface area contributed by atoms with Gasteiger partial charge in [-0.05, 0) is 50.9 Å². The van der Waals surface area contributed by atoms with Gasteiger partial charge in [-0.15, -0.1) is 0 Å². The highest BCUT2D eigenvalue weighted by Gasteiger charge is 2.28. The average Bonchev–Trinajstić information content (AvgIpc) is 3.14. The number of hydrogen-bond donors (Lipinski definition) is 1. The van der Waals surface area contributed by atoms with Gasteiger partial charge in [0.2, 0.25) is 0 Å². The molecule has 3 heteroatoms. The van der Waals surface area contributed by atoms with Crippen LogP contribution < -0.4 is 5.32 Å². The Morgan fingerprint density at radius 3 is 2.94 bits per heavy atom. The van der Waals surface area contributed by atoms with E-state index < -0.39 is 0 Å². The lowest BCUT2D eigenvalue weighted by Gasteiger charge is -2.24. The van der Waals surface area contributed by atoms with Crippen LogP contribution in [0.5, 0.6) is 0 Å². The lowest BCUT2D eigenvalue weighted by atomic mass is 10.1. The molecule has 1 fully saturated rings. The van der Waals surface area contributed by atoms with Gasteiger partial charge in [0.05, 0.1) is 0 Å². The van der Waals surface area contributed by atoms with Gasteiger partial charge < -0.3 is 5.32 Å². The van der Waals surface area contributed by atoms with Crippen molar-refractivity contribution < 1.29 is 0 Å². The number of pyridine rings is 1. The van der Waals surface area contributed by atoms with E-state index in [4.69, 9.17) is 0 Å². The Bertz CT molecular complexity index is 360. The molecule has 0 saturated heterocycles. The quantitative estimate of drug-likeness (QED) is 0.814. The Balaban J connectivity index is 1.73. The Hall–Kier alpha value is -0.930. The summed E-state index contributed by atoms with van der Waals surface area (Å²) in [5.74, 6) is 0. The van der Waals surface area contributed by atoms with E-state index in [0.717, 1.165) is 19.1 Å². The lowest BCUT2D eigenvalue weighted by Crippen LogP contribution is -2.39. The summed E-state index contributed by atoms with van der Waals surface area (Å²) in [5, 5.41) is 3.52. The number of likely N-dealkylation sites (N-methyl/N-ethyl adjacent to an activating group) is 1. The van der Waals surface area contributed by atoms with Gasteiger partial charge in [0.15, 0.2) is 0 Å². The smallest absolute Gasteiger partial charge is 0.0315 e. The molecule has 0 spiro atoms. The highest BCUT2D eigenvalue weighted by Crippen LogP contribution is 2.26. The molecule has 0 bridgehead atoms. The van der Waals surface area contributed by atoms with Gasteiger partial charge in [-0.1, -0.05) is 0 Å². The first-order valence-electron chi connectivity index (χ1n) is 6.50. The van der Waals surface area contributed by atoms with Gasteiger partial charge in [0.1, 0.15) is 0 Å². The van der Waals surface area contributed by atoms with Crippen LogP contribution in [0.2, 0.25) is 0 Å². The van der Waals surface area contributed by atoms with Gasteiger partial charge in [0.25, 0.3) is 0 Å². The summed E-state index contributed by atoms with van der Waals surface area (Å²) >= 11 is 0. The second-order valence-corrected chi connectivity index (χ2v) is 5.18. The van der Waals surface area contributed by atoms with Crippen LogP contribution in [0, 0.1) is 6.92 Å². The second-order valence-electron chi connectivity index (χ2n) is 5.18. The van der Waals surface area contributed by atoms with Crippen molar-refractivity contribution in [2.45, 2.75) is 45.3 Å². The number of rotatable bonds is 6. The van der Waals surface area contributed by atoms with Crippen molar-refractivity contribution in [3.05, 3.63) is 29.6 Å². The van der Waals surface area contributed by atoms with E-state index in [2.05, 4.69) is 42.2 Å². The minimum atomic E-state index is 0.611. The third kappa shape index (κ3) is 3.51. The van der Waals surface area contributed by atoms with Crippen molar-refractivity contribution in [2.75, 3.05) is 13.6 Å². The molecule has 94 valence electrons. The van der Waals surface area contributed by atoms with E-state index in [-0.39, 0.29) is 0 Å². The molecule has 0 aromatic carbocycles. The van der Waals surface area contributed by atoms with Crippen LogP contribution >= 0.6 is 0 Å². The fourth-order valence-corrected chi connectivity index (χ4v) is 2.08. The van der Waals surface area contributed by atoms with Crippen molar-refractivity contribution in [2.24, 2.45) is 0 Å². The van der Waals surface area contributed by atoms with Gasteiger partial charge >= 0.3 is 0 Å². The van der Waals surface area contributed by atoms with Crippen LogP contribution in [0.4, 0.5) is 0 Å². The largest absolute Gasteiger partial charge is 0.311 e. The van der Waals surface area contributed by atoms with E-state index in [0.29, 0.717) is 6.04 Å². The molecular weight excluding hydrogens is 210 g/mol. The monoisotopic (exact) mass is 233 g/mol. The first-order valence-corrected chi connectivity index (χ1v) is 6.50. The molecule has 1 heterocycles. The highest BCUT2D eigenvalue weighted by molar-refractivity contribution is 5.20. The number of aryl methyl sites for hydroxylation is 1. The molecule has 1 atom stereocenters. The molecule has 1 aromatic rings. The highest BCUT2D eigenvalue weighted by atomic mass is 15.2. The summed E-state index contributed by atoms with van der Waals surface area (Å²) < 4.78 is 0. The SMILES string of the molecule is Cc1ccncc1CNCC(C)N(C)C1CC1. The van der Waals surface area contributed by atoms with Crippen LogP contribution in [0.15, 0.2) is 18.5 Å².